The highest BCUT2D eigenvalue weighted by atomic mass is 79.9. The highest BCUT2D eigenvalue weighted by Gasteiger charge is 2.28. The zero-order valence-corrected chi connectivity index (χ0v) is 22.4. The van der Waals surface area contributed by atoms with E-state index in [0.717, 1.165) is 8.95 Å². The van der Waals surface area contributed by atoms with Crippen molar-refractivity contribution >= 4 is 43.7 Å². The third-order valence-electron chi connectivity index (χ3n) is 5.29. The lowest BCUT2D eigenvalue weighted by atomic mass is 10.1. The molecule has 3 rings (SSSR count). The van der Waals surface area contributed by atoms with Crippen molar-refractivity contribution in [3.63, 3.8) is 0 Å². The molecule has 0 unspecified atom stereocenters. The highest BCUT2D eigenvalue weighted by molar-refractivity contribution is 9.10. The molecule has 0 radical (unpaired) electrons. The van der Waals surface area contributed by atoms with Gasteiger partial charge in [0.15, 0.2) is 0 Å². The minimum atomic E-state index is -0.133. The molecule has 1 heterocycles. The molecule has 8 nitrogen and oxygen atoms in total. The number of hydrogen-bond donors (Lipinski definition) is 0. The van der Waals surface area contributed by atoms with Gasteiger partial charge in [0.05, 0.1) is 24.3 Å². The summed E-state index contributed by atoms with van der Waals surface area (Å²) < 4.78 is 23.1. The smallest absolute Gasteiger partial charge is 0.257 e. The first-order valence-electron chi connectivity index (χ1n) is 10.9. The number of hydrogen-bond acceptors (Lipinski definition) is 6. The largest absolute Gasteiger partial charge is 0.490 e. The number of rotatable bonds is 10. The van der Waals surface area contributed by atoms with Gasteiger partial charge >= 0.3 is 0 Å². The molecule has 184 valence electrons. The molecular weight excluding hydrogens is 572 g/mol. The van der Waals surface area contributed by atoms with E-state index in [2.05, 4.69) is 31.9 Å². The average molecular weight is 600 g/mol. The second-order valence-electron chi connectivity index (χ2n) is 7.55. The third-order valence-corrected chi connectivity index (χ3v) is 6.27. The van der Waals surface area contributed by atoms with E-state index in [4.69, 9.17) is 18.9 Å². The van der Waals surface area contributed by atoms with E-state index in [0.29, 0.717) is 75.2 Å². The number of halogens is 2. The number of piperazine rings is 1. The molecule has 0 atom stereocenters. The highest BCUT2D eigenvalue weighted by Crippen LogP contribution is 2.27. The fraction of sp³-hybridized carbons (Fsp3) is 0.417. The summed E-state index contributed by atoms with van der Waals surface area (Å²) in [4.78, 5) is 30.0. The summed E-state index contributed by atoms with van der Waals surface area (Å²) in [5.74, 6) is 0.755. The van der Waals surface area contributed by atoms with Crippen LogP contribution in [0.25, 0.3) is 0 Å². The van der Waals surface area contributed by atoms with Crippen LogP contribution in [0.15, 0.2) is 45.3 Å². The molecule has 0 aliphatic carbocycles. The zero-order chi connectivity index (χ0) is 24.5. The SMILES string of the molecule is COCCOc1ccc(Br)cc1C(=O)N1CCN(C(=O)c2cc(Br)ccc2OCCOC)CC1. The number of methoxy groups -OCH3 is 2. The van der Waals surface area contributed by atoms with Gasteiger partial charge in [0.2, 0.25) is 0 Å². The second kappa shape index (κ2) is 13.1. The average Bonchev–Trinajstić information content (AvgIpc) is 2.85. The Hall–Kier alpha value is -2.14. The lowest BCUT2D eigenvalue weighted by Crippen LogP contribution is -2.50. The molecule has 2 aromatic carbocycles. The maximum Gasteiger partial charge on any atom is 0.257 e. The zero-order valence-electron chi connectivity index (χ0n) is 19.2. The molecule has 10 heteroatoms. The molecule has 2 aromatic rings. The van der Waals surface area contributed by atoms with Crippen molar-refractivity contribution in [2.45, 2.75) is 0 Å². The molecule has 0 bridgehead atoms. The Kier molecular flexibility index (Phi) is 10.2. The van der Waals surface area contributed by atoms with Crippen LogP contribution in [-0.2, 0) is 9.47 Å². The van der Waals surface area contributed by atoms with E-state index in [-0.39, 0.29) is 11.8 Å². The Morgan fingerprint density at radius 2 is 1.09 bits per heavy atom. The summed E-state index contributed by atoms with van der Waals surface area (Å²) in [5.41, 5.74) is 0.956. The number of benzene rings is 2. The Bertz CT molecular complexity index is 916. The summed E-state index contributed by atoms with van der Waals surface area (Å²) in [5, 5.41) is 0. The van der Waals surface area contributed by atoms with Gasteiger partial charge in [-0.2, -0.15) is 0 Å². The maximum absolute atomic E-state index is 13.2. The van der Waals surface area contributed by atoms with Crippen LogP contribution >= 0.6 is 31.9 Å². The van der Waals surface area contributed by atoms with Gasteiger partial charge in [-0.25, -0.2) is 0 Å². The van der Waals surface area contributed by atoms with E-state index in [1.54, 1.807) is 48.3 Å². The Morgan fingerprint density at radius 1 is 0.706 bits per heavy atom. The van der Waals surface area contributed by atoms with Gasteiger partial charge in [-0.05, 0) is 36.4 Å². The molecule has 0 aromatic heterocycles. The normalized spacial score (nSPS) is 13.6. The molecule has 1 fully saturated rings. The molecule has 0 N–H and O–H groups in total. The maximum atomic E-state index is 13.2. The standard InChI is InChI=1S/C24H28Br2N2O6/c1-31-11-13-33-21-5-3-17(25)15-19(21)23(29)27-7-9-28(10-8-27)24(30)20-16-18(26)4-6-22(20)34-14-12-32-2/h3-6,15-16H,7-14H2,1-2H3. The van der Waals surface area contributed by atoms with Crippen LogP contribution in [0.1, 0.15) is 20.7 Å². The second-order valence-corrected chi connectivity index (χ2v) is 9.38. The quantitative estimate of drug-likeness (QED) is 0.386. The predicted octanol–water partition coefficient (Wildman–Crippen LogP) is 3.86. The first-order chi connectivity index (χ1) is 16.4. The minimum Gasteiger partial charge on any atom is -0.490 e. The lowest BCUT2D eigenvalue weighted by Gasteiger charge is -2.35. The number of amides is 2. The molecular formula is C24H28Br2N2O6. The molecule has 1 aliphatic rings. The van der Waals surface area contributed by atoms with Crippen LogP contribution in [-0.4, -0.2) is 88.4 Å². The third kappa shape index (κ3) is 6.94. The topological polar surface area (TPSA) is 77.5 Å². The van der Waals surface area contributed by atoms with Crippen molar-refractivity contribution in [2.75, 3.05) is 66.8 Å². The summed E-state index contributed by atoms with van der Waals surface area (Å²) in [6.45, 7) is 3.23. The molecule has 0 spiro atoms. The van der Waals surface area contributed by atoms with Crippen LogP contribution in [0.3, 0.4) is 0 Å². The van der Waals surface area contributed by atoms with Gasteiger partial charge in [-0.3, -0.25) is 9.59 Å². The van der Waals surface area contributed by atoms with Crippen LogP contribution in [0.5, 0.6) is 11.5 Å². The van der Waals surface area contributed by atoms with Crippen LogP contribution in [0.2, 0.25) is 0 Å². The van der Waals surface area contributed by atoms with E-state index >= 15 is 0 Å². The van der Waals surface area contributed by atoms with Gasteiger partial charge in [0.25, 0.3) is 11.8 Å². The number of carbonyl (C=O) groups is 2. The summed E-state index contributed by atoms with van der Waals surface area (Å²) in [6.07, 6.45) is 0. The van der Waals surface area contributed by atoms with E-state index in [1.807, 2.05) is 12.1 Å². The first-order valence-corrected chi connectivity index (χ1v) is 12.4. The Morgan fingerprint density at radius 3 is 1.44 bits per heavy atom. The lowest BCUT2D eigenvalue weighted by molar-refractivity contribution is 0.0529. The van der Waals surface area contributed by atoms with Crippen LogP contribution in [0.4, 0.5) is 0 Å². The van der Waals surface area contributed by atoms with Crippen molar-refractivity contribution < 1.29 is 28.5 Å². The first kappa shape index (κ1) is 26.5. The van der Waals surface area contributed by atoms with E-state index in [9.17, 15) is 9.59 Å². The van der Waals surface area contributed by atoms with E-state index < -0.39 is 0 Å². The molecule has 2 amide bonds. The molecule has 1 aliphatic heterocycles. The van der Waals surface area contributed by atoms with Gasteiger partial charge in [-0.1, -0.05) is 31.9 Å². The predicted molar refractivity (Wildman–Crippen MR) is 135 cm³/mol. The van der Waals surface area contributed by atoms with Crippen molar-refractivity contribution in [1.29, 1.82) is 0 Å². The Balaban J connectivity index is 1.67. The van der Waals surface area contributed by atoms with Crippen molar-refractivity contribution in [3.8, 4) is 11.5 Å². The summed E-state index contributed by atoms with van der Waals surface area (Å²) in [7, 11) is 3.20. The minimum absolute atomic E-state index is 0.133. The van der Waals surface area contributed by atoms with Crippen molar-refractivity contribution in [2.24, 2.45) is 0 Å². The van der Waals surface area contributed by atoms with Gasteiger partial charge < -0.3 is 28.7 Å². The monoisotopic (exact) mass is 598 g/mol. The van der Waals surface area contributed by atoms with E-state index in [1.165, 1.54) is 0 Å². The molecule has 0 saturated carbocycles. The molecule has 34 heavy (non-hydrogen) atoms. The van der Waals surface area contributed by atoms with Crippen molar-refractivity contribution in [3.05, 3.63) is 56.5 Å². The van der Waals surface area contributed by atoms with Gasteiger partial charge in [-0.15, -0.1) is 0 Å². The summed E-state index contributed by atoms with van der Waals surface area (Å²) in [6, 6.07) is 10.7. The summed E-state index contributed by atoms with van der Waals surface area (Å²) >= 11 is 6.87. The number of nitrogens with zero attached hydrogens (tertiary/aromatic N) is 2. The van der Waals surface area contributed by atoms with Crippen LogP contribution in [0, 0.1) is 0 Å². The fourth-order valence-electron chi connectivity index (χ4n) is 3.51. The number of ether oxygens (including phenoxy) is 4. The van der Waals surface area contributed by atoms with Gasteiger partial charge in [0, 0.05) is 49.3 Å². The molecule has 1 saturated heterocycles. The van der Waals surface area contributed by atoms with Crippen LogP contribution < -0.4 is 9.47 Å². The fourth-order valence-corrected chi connectivity index (χ4v) is 4.24. The Labute approximate surface area is 216 Å². The number of carbonyl (C=O) groups excluding carboxylic acids is 2. The van der Waals surface area contributed by atoms with Crippen molar-refractivity contribution in [1.82, 2.24) is 9.80 Å². The van der Waals surface area contributed by atoms with Gasteiger partial charge in [0.1, 0.15) is 24.7 Å².